The van der Waals surface area contributed by atoms with Gasteiger partial charge in [0.1, 0.15) is 5.75 Å². The van der Waals surface area contributed by atoms with Gasteiger partial charge in [-0.15, -0.1) is 0 Å². The molecule has 3 aromatic rings. The number of hydrogen-bond acceptors (Lipinski definition) is 3. The minimum Gasteiger partial charge on any atom is -0.494 e. The quantitative estimate of drug-likeness (QED) is 0.508. The van der Waals surface area contributed by atoms with Crippen molar-refractivity contribution in [2.45, 2.75) is 25.8 Å². The van der Waals surface area contributed by atoms with Crippen LogP contribution in [0.4, 0.5) is 4.79 Å². The number of hydrogen-bond donors (Lipinski definition) is 1. The number of carbonyl (C=O) groups is 1. The standard InChI is InChI=1S/C24H24N2O3/c25-13-5-14-26(24(27)28)18-20-9-10-22-17-23(12-11-21(22)16-20)29-15-4-8-19-6-2-1-3-7-19/h1-3,6-7,9-12,16-17H,4-5,8,14-15,18H2,(H,27,28). The zero-order chi connectivity index (χ0) is 20.5. The van der Waals surface area contributed by atoms with E-state index in [9.17, 15) is 9.90 Å². The summed E-state index contributed by atoms with van der Waals surface area (Å²) in [5.41, 5.74) is 2.21. The number of fused-ring (bicyclic) bond motifs is 1. The van der Waals surface area contributed by atoms with E-state index in [1.54, 1.807) is 0 Å². The number of amides is 1. The van der Waals surface area contributed by atoms with E-state index in [1.807, 2.05) is 60.7 Å². The molecule has 29 heavy (non-hydrogen) atoms. The van der Waals surface area contributed by atoms with Gasteiger partial charge in [-0.05, 0) is 52.9 Å². The van der Waals surface area contributed by atoms with Gasteiger partial charge in [-0.1, -0.05) is 48.5 Å². The summed E-state index contributed by atoms with van der Waals surface area (Å²) in [6, 6.07) is 24.2. The maximum absolute atomic E-state index is 11.3. The summed E-state index contributed by atoms with van der Waals surface area (Å²) >= 11 is 0. The highest BCUT2D eigenvalue weighted by Crippen LogP contribution is 2.23. The molecule has 0 aliphatic heterocycles. The molecule has 0 aliphatic rings. The predicted molar refractivity (Wildman–Crippen MR) is 113 cm³/mol. The number of rotatable bonds is 9. The van der Waals surface area contributed by atoms with E-state index >= 15 is 0 Å². The molecule has 0 spiro atoms. The van der Waals surface area contributed by atoms with Crippen molar-refractivity contribution in [3.63, 3.8) is 0 Å². The monoisotopic (exact) mass is 388 g/mol. The van der Waals surface area contributed by atoms with Crippen molar-refractivity contribution in [3.05, 3.63) is 77.9 Å². The molecule has 3 rings (SSSR count). The van der Waals surface area contributed by atoms with Gasteiger partial charge in [0.2, 0.25) is 0 Å². The third-order valence-corrected chi connectivity index (χ3v) is 4.73. The first-order chi connectivity index (χ1) is 14.2. The lowest BCUT2D eigenvalue weighted by atomic mass is 10.1. The molecule has 0 unspecified atom stereocenters. The van der Waals surface area contributed by atoms with Crippen LogP contribution in [-0.2, 0) is 13.0 Å². The van der Waals surface area contributed by atoms with Crippen molar-refractivity contribution in [2.75, 3.05) is 13.2 Å². The highest BCUT2D eigenvalue weighted by molar-refractivity contribution is 5.84. The number of carboxylic acid groups (broad SMARTS) is 1. The van der Waals surface area contributed by atoms with Crippen LogP contribution >= 0.6 is 0 Å². The molecular formula is C24H24N2O3. The fraction of sp³-hybridized carbons (Fsp3) is 0.250. The zero-order valence-electron chi connectivity index (χ0n) is 16.3. The second kappa shape index (κ2) is 10.1. The van der Waals surface area contributed by atoms with Crippen LogP contribution in [0.2, 0.25) is 0 Å². The van der Waals surface area contributed by atoms with Crippen LogP contribution in [0.15, 0.2) is 66.7 Å². The lowest BCUT2D eigenvalue weighted by Gasteiger charge is -2.18. The highest BCUT2D eigenvalue weighted by Gasteiger charge is 2.12. The maximum atomic E-state index is 11.3. The van der Waals surface area contributed by atoms with Crippen molar-refractivity contribution >= 4 is 16.9 Å². The van der Waals surface area contributed by atoms with Gasteiger partial charge < -0.3 is 14.7 Å². The Kier molecular flexibility index (Phi) is 7.07. The summed E-state index contributed by atoms with van der Waals surface area (Å²) in [5, 5.41) is 20.1. The van der Waals surface area contributed by atoms with Gasteiger partial charge in [-0.25, -0.2) is 4.79 Å². The number of benzene rings is 3. The molecule has 0 atom stereocenters. The summed E-state index contributed by atoms with van der Waals surface area (Å²) < 4.78 is 5.89. The number of aryl methyl sites for hydroxylation is 1. The molecular weight excluding hydrogens is 364 g/mol. The Bertz CT molecular complexity index is 996. The molecule has 5 nitrogen and oxygen atoms in total. The van der Waals surface area contributed by atoms with Gasteiger partial charge in [0.15, 0.2) is 0 Å². The van der Waals surface area contributed by atoms with Crippen molar-refractivity contribution in [2.24, 2.45) is 0 Å². The highest BCUT2D eigenvalue weighted by atomic mass is 16.5. The first-order valence-corrected chi connectivity index (χ1v) is 9.70. The molecule has 5 heteroatoms. The molecule has 0 aliphatic carbocycles. The number of nitrogens with zero attached hydrogens (tertiary/aromatic N) is 2. The fourth-order valence-electron chi connectivity index (χ4n) is 3.22. The van der Waals surface area contributed by atoms with Gasteiger partial charge in [0, 0.05) is 13.1 Å². The Morgan fingerprint density at radius 3 is 2.52 bits per heavy atom. The van der Waals surface area contributed by atoms with Crippen LogP contribution < -0.4 is 4.74 Å². The van der Waals surface area contributed by atoms with E-state index in [1.165, 1.54) is 10.5 Å². The lowest BCUT2D eigenvalue weighted by molar-refractivity contribution is 0.143. The van der Waals surface area contributed by atoms with Crippen LogP contribution in [-0.4, -0.2) is 29.3 Å². The molecule has 0 bridgehead atoms. The van der Waals surface area contributed by atoms with E-state index in [0.29, 0.717) is 6.61 Å². The van der Waals surface area contributed by atoms with E-state index in [-0.39, 0.29) is 19.5 Å². The van der Waals surface area contributed by atoms with Crippen molar-refractivity contribution in [1.29, 1.82) is 5.26 Å². The summed E-state index contributed by atoms with van der Waals surface area (Å²) in [5.74, 6) is 0.833. The molecule has 148 valence electrons. The Morgan fingerprint density at radius 1 is 1.00 bits per heavy atom. The van der Waals surface area contributed by atoms with Gasteiger partial charge >= 0.3 is 6.09 Å². The van der Waals surface area contributed by atoms with Gasteiger partial charge in [-0.2, -0.15) is 5.26 Å². The number of nitriles is 1. The average Bonchev–Trinajstić information content (AvgIpc) is 2.74. The normalized spacial score (nSPS) is 10.4. The summed E-state index contributed by atoms with van der Waals surface area (Å²) in [6.07, 6.45) is 1.11. The van der Waals surface area contributed by atoms with Crippen molar-refractivity contribution in [3.8, 4) is 11.8 Å². The Hall–Kier alpha value is -3.52. The molecule has 0 heterocycles. The molecule has 0 radical (unpaired) electrons. The van der Waals surface area contributed by atoms with Crippen LogP contribution in [0.5, 0.6) is 5.75 Å². The lowest BCUT2D eigenvalue weighted by Crippen LogP contribution is -2.29. The fourth-order valence-corrected chi connectivity index (χ4v) is 3.22. The summed E-state index contributed by atoms with van der Waals surface area (Å²) in [7, 11) is 0. The smallest absolute Gasteiger partial charge is 0.407 e. The van der Waals surface area contributed by atoms with Crippen LogP contribution in [0.25, 0.3) is 10.8 Å². The van der Waals surface area contributed by atoms with E-state index in [2.05, 4.69) is 12.1 Å². The summed E-state index contributed by atoms with van der Waals surface area (Å²) in [4.78, 5) is 12.6. The average molecular weight is 388 g/mol. The molecule has 3 aromatic carbocycles. The van der Waals surface area contributed by atoms with Crippen LogP contribution in [0.3, 0.4) is 0 Å². The molecule has 1 N–H and O–H groups in total. The Labute approximate surface area is 170 Å². The second-order valence-corrected chi connectivity index (χ2v) is 6.89. The third-order valence-electron chi connectivity index (χ3n) is 4.73. The predicted octanol–water partition coefficient (Wildman–Crippen LogP) is 5.25. The SMILES string of the molecule is N#CCCN(Cc1ccc2cc(OCCCc3ccccc3)ccc2c1)C(=O)O. The maximum Gasteiger partial charge on any atom is 0.407 e. The Morgan fingerprint density at radius 2 is 1.76 bits per heavy atom. The molecule has 0 aromatic heterocycles. The van der Waals surface area contributed by atoms with E-state index in [0.717, 1.165) is 34.9 Å². The zero-order valence-corrected chi connectivity index (χ0v) is 16.3. The third kappa shape index (κ3) is 5.98. The minimum absolute atomic E-state index is 0.185. The van der Waals surface area contributed by atoms with Crippen LogP contribution in [0.1, 0.15) is 24.0 Å². The van der Waals surface area contributed by atoms with Gasteiger partial charge in [-0.3, -0.25) is 0 Å². The molecule has 0 fully saturated rings. The van der Waals surface area contributed by atoms with Crippen molar-refractivity contribution < 1.29 is 14.6 Å². The largest absolute Gasteiger partial charge is 0.494 e. The molecule has 1 amide bonds. The first kappa shape index (κ1) is 20.2. The minimum atomic E-state index is -1.01. The molecule has 0 saturated heterocycles. The van der Waals surface area contributed by atoms with E-state index in [4.69, 9.17) is 10.00 Å². The second-order valence-electron chi connectivity index (χ2n) is 6.89. The van der Waals surface area contributed by atoms with E-state index < -0.39 is 6.09 Å². The number of ether oxygens (including phenoxy) is 1. The van der Waals surface area contributed by atoms with Gasteiger partial charge in [0.05, 0.1) is 19.1 Å². The summed E-state index contributed by atoms with van der Waals surface area (Å²) in [6.45, 7) is 1.13. The Balaban J connectivity index is 1.58. The van der Waals surface area contributed by atoms with Gasteiger partial charge in [0.25, 0.3) is 0 Å². The topological polar surface area (TPSA) is 73.6 Å². The first-order valence-electron chi connectivity index (χ1n) is 9.70. The van der Waals surface area contributed by atoms with Crippen LogP contribution in [0, 0.1) is 11.3 Å². The molecule has 0 saturated carbocycles. The van der Waals surface area contributed by atoms with Crippen molar-refractivity contribution in [1.82, 2.24) is 4.90 Å².